The summed E-state index contributed by atoms with van der Waals surface area (Å²) in [6, 6.07) is 4.86. The largest absolute Gasteiger partial charge is 0.359 e. The smallest absolute Gasteiger partial charge is 0.176 e. The van der Waals surface area contributed by atoms with Crippen molar-refractivity contribution < 1.29 is 8.96 Å². The molecule has 1 aromatic heterocycles. The summed E-state index contributed by atoms with van der Waals surface area (Å²) >= 11 is 0. The molecule has 1 rings (SSSR count). The van der Waals surface area contributed by atoms with Gasteiger partial charge in [-0.2, -0.15) is 4.57 Å². The summed E-state index contributed by atoms with van der Waals surface area (Å²) in [6.45, 7) is 4.00. The lowest BCUT2D eigenvalue weighted by molar-refractivity contribution is -0.700. The zero-order valence-corrected chi connectivity index (χ0v) is 6.63. The van der Waals surface area contributed by atoms with Gasteiger partial charge >= 0.3 is 5.95 Å². The maximum atomic E-state index is 12.3. The maximum absolute atomic E-state index is 12.3. The molecule has 0 amide bonds. The zero-order valence-electron chi connectivity index (χ0n) is 6.63. The third-order valence-electron chi connectivity index (χ3n) is 0.991. The van der Waals surface area contributed by atoms with Gasteiger partial charge in [0.25, 0.3) is 0 Å². The second-order valence-corrected chi connectivity index (χ2v) is 1.63. The Balaban J connectivity index is 0.000000371. The van der Waals surface area contributed by atoms with Crippen molar-refractivity contribution in [2.45, 2.75) is 13.8 Å². The second-order valence-electron chi connectivity index (χ2n) is 1.63. The molecule has 0 saturated heterocycles. The van der Waals surface area contributed by atoms with Gasteiger partial charge in [-0.3, -0.25) is 0 Å². The van der Waals surface area contributed by atoms with Crippen LogP contribution in [0.3, 0.4) is 0 Å². The molecule has 1 nitrogen and oxygen atoms in total. The first-order valence-corrected chi connectivity index (χ1v) is 3.41. The average molecular weight is 142 g/mol. The van der Waals surface area contributed by atoms with E-state index in [2.05, 4.69) is 0 Å². The predicted octanol–water partition coefficient (Wildman–Crippen LogP) is 1.68. The van der Waals surface area contributed by atoms with Gasteiger partial charge in [-0.05, 0) is 6.07 Å². The maximum Gasteiger partial charge on any atom is 0.359 e. The predicted molar refractivity (Wildman–Crippen MR) is 38.9 cm³/mol. The molecule has 0 aliphatic carbocycles. The summed E-state index contributed by atoms with van der Waals surface area (Å²) in [7, 11) is 1.66. The summed E-state index contributed by atoms with van der Waals surface area (Å²) in [5.74, 6) is -0.215. The Morgan fingerprint density at radius 1 is 1.30 bits per heavy atom. The molecule has 0 aliphatic heterocycles. The fourth-order valence-electron chi connectivity index (χ4n) is 0.503. The number of hydrogen-bond acceptors (Lipinski definition) is 0. The molecule has 10 heavy (non-hydrogen) atoms. The van der Waals surface area contributed by atoms with E-state index in [1.807, 2.05) is 13.8 Å². The van der Waals surface area contributed by atoms with Crippen LogP contribution in [0.25, 0.3) is 0 Å². The third-order valence-corrected chi connectivity index (χ3v) is 0.991. The number of nitrogens with zero attached hydrogens (tertiary/aromatic N) is 1. The fourth-order valence-corrected chi connectivity index (χ4v) is 0.503. The SMILES string of the molecule is CC.C[n+]1ccccc1F. The Labute approximate surface area is 61.1 Å². The highest BCUT2D eigenvalue weighted by Gasteiger charge is 1.97. The molecule has 0 aromatic carbocycles. The average Bonchev–Trinajstić information content (AvgIpc) is 2.00. The van der Waals surface area contributed by atoms with Crippen molar-refractivity contribution in [1.82, 2.24) is 0 Å². The number of halogens is 1. The van der Waals surface area contributed by atoms with Gasteiger partial charge in [-0.1, -0.05) is 13.8 Å². The van der Waals surface area contributed by atoms with E-state index in [-0.39, 0.29) is 5.95 Å². The van der Waals surface area contributed by atoms with Gasteiger partial charge in [0.1, 0.15) is 7.05 Å². The van der Waals surface area contributed by atoms with Crippen molar-refractivity contribution in [3.05, 3.63) is 30.3 Å². The molecule has 2 heteroatoms. The summed E-state index contributed by atoms with van der Waals surface area (Å²) in [6.07, 6.45) is 1.66. The molecule has 0 bridgehead atoms. The molecule has 0 unspecified atom stereocenters. The minimum Gasteiger partial charge on any atom is -0.176 e. The van der Waals surface area contributed by atoms with Gasteiger partial charge in [0.15, 0.2) is 6.20 Å². The standard InChI is InChI=1S/C6H7FN.C2H6/c1-8-5-3-2-4-6(8)7;1-2/h2-5H,1H3;1-2H3/q+1;. The van der Waals surface area contributed by atoms with E-state index in [0.29, 0.717) is 0 Å². The lowest BCUT2D eigenvalue weighted by atomic mass is 10.5. The Morgan fingerprint density at radius 2 is 1.90 bits per heavy atom. The van der Waals surface area contributed by atoms with Crippen molar-refractivity contribution >= 4 is 0 Å². The Bertz CT molecular complexity index is 165. The van der Waals surface area contributed by atoms with Crippen molar-refractivity contribution in [1.29, 1.82) is 0 Å². The van der Waals surface area contributed by atoms with Crippen LogP contribution >= 0.6 is 0 Å². The van der Waals surface area contributed by atoms with Crippen molar-refractivity contribution in [3.8, 4) is 0 Å². The number of hydrogen-bond donors (Lipinski definition) is 0. The number of aryl methyl sites for hydroxylation is 1. The van der Waals surface area contributed by atoms with E-state index in [9.17, 15) is 4.39 Å². The van der Waals surface area contributed by atoms with E-state index >= 15 is 0 Å². The normalized spacial score (nSPS) is 8.00. The highest BCUT2D eigenvalue weighted by Crippen LogP contribution is 1.83. The van der Waals surface area contributed by atoms with E-state index < -0.39 is 0 Å². The topological polar surface area (TPSA) is 3.88 Å². The Hall–Kier alpha value is -0.920. The van der Waals surface area contributed by atoms with Gasteiger partial charge < -0.3 is 0 Å². The van der Waals surface area contributed by atoms with Gasteiger partial charge in [-0.15, -0.1) is 4.39 Å². The lowest BCUT2D eigenvalue weighted by Crippen LogP contribution is -2.31. The number of aromatic nitrogens is 1. The highest BCUT2D eigenvalue weighted by atomic mass is 19.1. The van der Waals surface area contributed by atoms with Crippen LogP contribution in [0, 0.1) is 5.95 Å². The second kappa shape index (κ2) is 4.91. The first-order valence-electron chi connectivity index (χ1n) is 3.41. The van der Waals surface area contributed by atoms with Crippen LogP contribution in [0.2, 0.25) is 0 Å². The monoisotopic (exact) mass is 142 g/mol. The first-order chi connectivity index (χ1) is 4.80. The van der Waals surface area contributed by atoms with Crippen LogP contribution in [0.15, 0.2) is 24.4 Å². The lowest BCUT2D eigenvalue weighted by Gasteiger charge is -1.83. The van der Waals surface area contributed by atoms with Crippen LogP contribution < -0.4 is 4.57 Å². The van der Waals surface area contributed by atoms with E-state index in [4.69, 9.17) is 0 Å². The molecule has 1 heterocycles. The molecule has 0 radical (unpaired) electrons. The minimum atomic E-state index is -0.215. The number of pyridine rings is 1. The van der Waals surface area contributed by atoms with Crippen LogP contribution in [0.4, 0.5) is 4.39 Å². The number of rotatable bonds is 0. The summed E-state index contributed by atoms with van der Waals surface area (Å²) in [5.41, 5.74) is 0. The third kappa shape index (κ3) is 2.58. The van der Waals surface area contributed by atoms with Crippen LogP contribution in [0.1, 0.15) is 13.8 Å². The molecule has 1 aromatic rings. The van der Waals surface area contributed by atoms with Crippen molar-refractivity contribution in [2.75, 3.05) is 0 Å². The van der Waals surface area contributed by atoms with Crippen LogP contribution in [-0.4, -0.2) is 0 Å². The molecular weight excluding hydrogens is 129 g/mol. The molecule has 0 spiro atoms. The molecular formula is C8H13FN+. The van der Waals surface area contributed by atoms with Crippen LogP contribution in [-0.2, 0) is 7.05 Å². The minimum absolute atomic E-state index is 0.215. The van der Waals surface area contributed by atoms with Gasteiger partial charge in [-0.25, -0.2) is 0 Å². The van der Waals surface area contributed by atoms with E-state index in [1.165, 1.54) is 10.6 Å². The Morgan fingerprint density at radius 3 is 2.20 bits per heavy atom. The van der Waals surface area contributed by atoms with Gasteiger partial charge in [0.05, 0.1) is 0 Å². The summed E-state index contributed by atoms with van der Waals surface area (Å²) in [5, 5.41) is 0. The van der Waals surface area contributed by atoms with E-state index in [1.54, 1.807) is 25.4 Å². The molecule has 0 atom stereocenters. The Kier molecular flexibility index (Phi) is 4.46. The van der Waals surface area contributed by atoms with Crippen molar-refractivity contribution in [2.24, 2.45) is 7.05 Å². The molecule has 56 valence electrons. The highest BCUT2D eigenvalue weighted by molar-refractivity contribution is 4.85. The van der Waals surface area contributed by atoms with Gasteiger partial charge in [0.2, 0.25) is 0 Å². The summed E-state index contributed by atoms with van der Waals surface area (Å²) < 4.78 is 13.7. The fraction of sp³-hybridized carbons (Fsp3) is 0.375. The molecule has 0 fully saturated rings. The zero-order chi connectivity index (χ0) is 7.98. The quantitative estimate of drug-likeness (QED) is 0.383. The summed E-state index contributed by atoms with van der Waals surface area (Å²) in [4.78, 5) is 0. The van der Waals surface area contributed by atoms with E-state index in [0.717, 1.165) is 0 Å². The molecule has 0 aliphatic rings. The first kappa shape index (κ1) is 9.08. The molecule has 0 N–H and O–H groups in total. The molecule has 0 saturated carbocycles. The van der Waals surface area contributed by atoms with Gasteiger partial charge in [0, 0.05) is 12.1 Å². The van der Waals surface area contributed by atoms with Crippen molar-refractivity contribution in [3.63, 3.8) is 0 Å². The van der Waals surface area contributed by atoms with Crippen LogP contribution in [0.5, 0.6) is 0 Å².